The number of ether oxygens (including phenoxy) is 1. The highest BCUT2D eigenvalue weighted by atomic mass is 19.3. The summed E-state index contributed by atoms with van der Waals surface area (Å²) in [6.45, 7) is 13.6. The van der Waals surface area contributed by atoms with E-state index in [1.807, 2.05) is 6.07 Å². The van der Waals surface area contributed by atoms with Gasteiger partial charge in [0, 0.05) is 17.2 Å². The number of hydrogen-bond acceptors (Lipinski definition) is 3. The fourth-order valence-electron chi connectivity index (χ4n) is 3.52. The quantitative estimate of drug-likeness (QED) is 0.265. The van der Waals surface area contributed by atoms with Gasteiger partial charge in [-0.15, -0.1) is 0 Å². The molecule has 0 aliphatic carbocycles. The van der Waals surface area contributed by atoms with Gasteiger partial charge < -0.3 is 14.3 Å². The number of furan rings is 1. The van der Waals surface area contributed by atoms with Gasteiger partial charge in [-0.3, -0.25) is 0 Å². The summed E-state index contributed by atoms with van der Waals surface area (Å²) in [7, 11) is 0. The van der Waals surface area contributed by atoms with Crippen LogP contribution in [0.25, 0.3) is 17.4 Å². The van der Waals surface area contributed by atoms with Crippen molar-refractivity contribution in [1.82, 2.24) is 0 Å². The summed E-state index contributed by atoms with van der Waals surface area (Å²) in [5.41, 5.74) is 3.32. The van der Waals surface area contributed by atoms with Crippen molar-refractivity contribution in [3.05, 3.63) is 58.9 Å². The molecule has 1 aromatic heterocycles. The molecule has 0 saturated carbocycles. The molecule has 0 fully saturated rings. The van der Waals surface area contributed by atoms with E-state index in [-0.39, 0.29) is 10.8 Å². The molecule has 0 aliphatic heterocycles. The molecule has 2 aromatic rings. The predicted molar refractivity (Wildman–Crippen MR) is 133 cm³/mol. The molecule has 0 unspecified atom stereocenters. The molecule has 4 nitrogen and oxygen atoms in total. The summed E-state index contributed by atoms with van der Waals surface area (Å²) >= 11 is 0. The first kappa shape index (κ1) is 27.4. The Morgan fingerprint density at radius 2 is 1.79 bits per heavy atom. The van der Waals surface area contributed by atoms with Gasteiger partial charge in [0.05, 0.1) is 11.8 Å². The van der Waals surface area contributed by atoms with Crippen LogP contribution in [0.2, 0.25) is 0 Å². The summed E-state index contributed by atoms with van der Waals surface area (Å²) in [5.74, 6) is -0.145. The Hall–Kier alpha value is -2.89. The molecule has 0 spiro atoms. The molecular formula is C28H36F2O4. The largest absolute Gasteiger partial charge is 0.487 e. The molecule has 0 aliphatic rings. The number of aliphatic carboxylic acids is 1. The second kappa shape index (κ2) is 11.0. The van der Waals surface area contributed by atoms with Crippen molar-refractivity contribution < 1.29 is 27.8 Å². The first-order valence-corrected chi connectivity index (χ1v) is 11.6. The average Bonchev–Trinajstić information content (AvgIpc) is 3.23. The van der Waals surface area contributed by atoms with Crippen molar-refractivity contribution in [2.45, 2.75) is 78.6 Å². The van der Waals surface area contributed by atoms with Crippen LogP contribution < -0.4 is 4.74 Å². The van der Waals surface area contributed by atoms with E-state index in [2.05, 4.69) is 47.6 Å². The summed E-state index contributed by atoms with van der Waals surface area (Å²) in [5, 5.41) is 8.97. The van der Waals surface area contributed by atoms with E-state index in [9.17, 15) is 13.6 Å². The SMILES string of the molecule is CCC(C)(C)c1cc(-c2occc2C=CC(C)=CC(=O)O)c(OCC(F)F)c(C(C)(C)CC)c1. The molecule has 186 valence electrons. The molecule has 1 aromatic carbocycles. The minimum Gasteiger partial charge on any atom is -0.487 e. The predicted octanol–water partition coefficient (Wildman–Crippen LogP) is 8.01. The Bertz CT molecular complexity index is 1060. The molecule has 1 heterocycles. The zero-order valence-corrected chi connectivity index (χ0v) is 21.2. The Morgan fingerprint density at radius 3 is 2.35 bits per heavy atom. The van der Waals surface area contributed by atoms with E-state index in [0.717, 1.165) is 30.0 Å². The molecular weight excluding hydrogens is 438 g/mol. The highest BCUT2D eigenvalue weighted by molar-refractivity contribution is 5.82. The van der Waals surface area contributed by atoms with E-state index in [1.54, 1.807) is 25.1 Å². The van der Waals surface area contributed by atoms with E-state index in [1.165, 1.54) is 6.26 Å². The zero-order valence-electron chi connectivity index (χ0n) is 21.2. The summed E-state index contributed by atoms with van der Waals surface area (Å²) in [6.07, 6.45) is 5.14. The third-order valence-electron chi connectivity index (χ3n) is 6.54. The number of alkyl halides is 2. The van der Waals surface area contributed by atoms with Crippen molar-refractivity contribution in [2.24, 2.45) is 0 Å². The Labute approximate surface area is 201 Å². The molecule has 34 heavy (non-hydrogen) atoms. The first-order valence-electron chi connectivity index (χ1n) is 11.6. The highest BCUT2D eigenvalue weighted by Crippen LogP contribution is 2.46. The standard InChI is InChI=1S/C28H36F2O4/c1-8-27(4,5)20-15-21(25-19(12-13-33-25)11-10-18(3)14-24(31)32)26(34-17-23(29)30)22(16-20)28(6,7)9-2/h10-16,23H,8-9,17H2,1-7H3,(H,31,32). The van der Waals surface area contributed by atoms with Crippen molar-refractivity contribution in [3.8, 4) is 17.1 Å². The number of rotatable bonds is 11. The van der Waals surface area contributed by atoms with Gasteiger partial charge in [-0.25, -0.2) is 13.6 Å². The normalized spacial score (nSPS) is 13.2. The third kappa shape index (κ3) is 6.58. The molecule has 2 rings (SSSR count). The number of allylic oxidation sites excluding steroid dienone is 2. The summed E-state index contributed by atoms with van der Waals surface area (Å²) in [6, 6.07) is 5.81. The monoisotopic (exact) mass is 474 g/mol. The molecule has 1 N–H and O–H groups in total. The van der Waals surface area contributed by atoms with Crippen LogP contribution in [-0.2, 0) is 15.6 Å². The zero-order chi connectivity index (χ0) is 25.7. The van der Waals surface area contributed by atoms with E-state index in [0.29, 0.717) is 28.2 Å². The van der Waals surface area contributed by atoms with Crippen LogP contribution in [0.4, 0.5) is 8.78 Å². The lowest BCUT2D eigenvalue weighted by Gasteiger charge is -2.32. The minimum absolute atomic E-state index is 0.155. The highest BCUT2D eigenvalue weighted by Gasteiger charge is 2.31. The van der Waals surface area contributed by atoms with Crippen molar-refractivity contribution in [3.63, 3.8) is 0 Å². The second-order valence-electron chi connectivity index (χ2n) is 9.84. The molecule has 6 heteroatoms. The lowest BCUT2D eigenvalue weighted by molar-refractivity contribution is -0.131. The van der Waals surface area contributed by atoms with Crippen molar-refractivity contribution >= 4 is 12.0 Å². The Morgan fingerprint density at radius 1 is 1.15 bits per heavy atom. The Kier molecular flexibility index (Phi) is 8.87. The molecule has 0 bridgehead atoms. The van der Waals surface area contributed by atoms with E-state index >= 15 is 0 Å². The van der Waals surface area contributed by atoms with Gasteiger partial charge in [0.2, 0.25) is 0 Å². The van der Waals surface area contributed by atoms with Crippen LogP contribution in [0.15, 0.2) is 46.6 Å². The summed E-state index contributed by atoms with van der Waals surface area (Å²) in [4.78, 5) is 10.9. The number of carbonyl (C=O) groups is 1. The second-order valence-corrected chi connectivity index (χ2v) is 9.84. The van der Waals surface area contributed by atoms with Crippen LogP contribution in [0, 0.1) is 0 Å². The number of carboxylic acid groups (broad SMARTS) is 1. The smallest absolute Gasteiger partial charge is 0.328 e. The lowest BCUT2D eigenvalue weighted by atomic mass is 9.75. The van der Waals surface area contributed by atoms with Crippen molar-refractivity contribution in [2.75, 3.05) is 6.61 Å². The first-order chi connectivity index (χ1) is 15.8. The van der Waals surface area contributed by atoms with Crippen LogP contribution in [0.5, 0.6) is 5.75 Å². The minimum atomic E-state index is -2.61. The van der Waals surface area contributed by atoms with Gasteiger partial charge >= 0.3 is 5.97 Å². The summed E-state index contributed by atoms with van der Waals surface area (Å²) < 4.78 is 38.0. The number of benzene rings is 1. The fraction of sp³-hybridized carbons (Fsp3) is 0.464. The lowest BCUT2D eigenvalue weighted by Crippen LogP contribution is -2.22. The maximum atomic E-state index is 13.2. The van der Waals surface area contributed by atoms with Crippen LogP contribution >= 0.6 is 0 Å². The molecule has 0 saturated heterocycles. The van der Waals surface area contributed by atoms with Gasteiger partial charge in [0.15, 0.2) is 0 Å². The third-order valence-corrected chi connectivity index (χ3v) is 6.54. The molecule has 0 amide bonds. The fourth-order valence-corrected chi connectivity index (χ4v) is 3.52. The van der Waals surface area contributed by atoms with Crippen molar-refractivity contribution in [1.29, 1.82) is 0 Å². The van der Waals surface area contributed by atoms with Crippen LogP contribution in [0.3, 0.4) is 0 Å². The van der Waals surface area contributed by atoms with Gasteiger partial charge in [0.1, 0.15) is 18.1 Å². The Balaban J connectivity index is 2.82. The van der Waals surface area contributed by atoms with Gasteiger partial charge in [0.25, 0.3) is 6.43 Å². The molecule has 0 atom stereocenters. The van der Waals surface area contributed by atoms with E-state index < -0.39 is 19.0 Å². The van der Waals surface area contributed by atoms with E-state index in [4.69, 9.17) is 14.3 Å². The topological polar surface area (TPSA) is 59.7 Å². The average molecular weight is 475 g/mol. The number of carboxylic acids is 1. The van der Waals surface area contributed by atoms with Gasteiger partial charge in [-0.2, -0.15) is 0 Å². The van der Waals surface area contributed by atoms with Gasteiger partial charge in [-0.1, -0.05) is 59.8 Å². The number of hydrogen-bond donors (Lipinski definition) is 1. The maximum absolute atomic E-state index is 13.2. The van der Waals surface area contributed by atoms with Gasteiger partial charge in [-0.05, 0) is 53.9 Å². The van der Waals surface area contributed by atoms with Crippen LogP contribution in [-0.4, -0.2) is 24.1 Å². The molecule has 0 radical (unpaired) electrons. The maximum Gasteiger partial charge on any atom is 0.328 e. The van der Waals surface area contributed by atoms with Crippen LogP contribution in [0.1, 0.15) is 78.0 Å². The number of halogens is 2.